The predicted molar refractivity (Wildman–Crippen MR) is 148 cm³/mol. The highest BCUT2D eigenvalue weighted by Gasteiger charge is 2.17. The third-order valence-electron chi connectivity index (χ3n) is 5.07. The zero-order valence-corrected chi connectivity index (χ0v) is 23.2. The molecule has 0 saturated heterocycles. The number of benzene rings is 3. The van der Waals surface area contributed by atoms with Crippen LogP contribution in [0.3, 0.4) is 0 Å². The fourth-order valence-corrected chi connectivity index (χ4v) is 3.95. The second-order valence-electron chi connectivity index (χ2n) is 7.84. The number of phenols is 1. The smallest absolute Gasteiger partial charge is 0.287 e. The zero-order valence-electron chi connectivity index (χ0n) is 20.1. The van der Waals surface area contributed by atoms with Crippen LogP contribution in [0.5, 0.6) is 11.5 Å². The first-order valence-electron chi connectivity index (χ1n) is 10.7. The minimum Gasteiger partial charge on any atom is -0.504 e. The Balaban J connectivity index is 1.89. The number of amides is 2. The van der Waals surface area contributed by atoms with Crippen molar-refractivity contribution in [1.29, 1.82) is 0 Å². The highest BCUT2D eigenvalue weighted by molar-refractivity contribution is 9.13. The van der Waals surface area contributed by atoms with Crippen molar-refractivity contribution in [2.24, 2.45) is 5.10 Å². The Morgan fingerprint density at radius 1 is 1.11 bits per heavy atom. The van der Waals surface area contributed by atoms with Crippen molar-refractivity contribution in [3.05, 3.63) is 91.7 Å². The standard InChI is InChI=1S/C26H23Br2FN4O4/c1-33(2)18-9-7-15(8-10-18)11-21(31-25(35)16-5-4-6-17(29)12-16)26(36)32-30-14-19-23(28)20(27)13-22(37-3)24(19)34/h4-14,34H,1-3H3,(H,31,35)(H,32,36)/b21-11-,30-14+. The molecule has 3 N–H and O–H groups in total. The second-order valence-corrected chi connectivity index (χ2v) is 9.49. The Hall–Kier alpha value is -3.70. The van der Waals surface area contributed by atoms with Gasteiger partial charge in [0.15, 0.2) is 11.5 Å². The van der Waals surface area contributed by atoms with Crippen LogP contribution in [-0.2, 0) is 4.79 Å². The Bertz CT molecular complexity index is 1380. The second kappa shape index (κ2) is 12.5. The van der Waals surface area contributed by atoms with Crippen LogP contribution in [0, 0.1) is 5.82 Å². The third kappa shape index (κ3) is 7.17. The predicted octanol–water partition coefficient (Wildman–Crippen LogP) is 5.05. The van der Waals surface area contributed by atoms with Gasteiger partial charge < -0.3 is 20.1 Å². The molecule has 0 atom stereocenters. The van der Waals surface area contributed by atoms with E-state index in [1.807, 2.05) is 31.1 Å². The number of rotatable bonds is 8. The summed E-state index contributed by atoms with van der Waals surface area (Å²) in [4.78, 5) is 27.7. The average Bonchev–Trinajstić information content (AvgIpc) is 2.87. The fraction of sp³-hybridized carbons (Fsp3) is 0.115. The third-order valence-corrected chi connectivity index (χ3v) is 7.08. The van der Waals surface area contributed by atoms with E-state index in [1.54, 1.807) is 18.2 Å². The van der Waals surface area contributed by atoms with Crippen molar-refractivity contribution in [3.8, 4) is 11.5 Å². The first kappa shape index (κ1) is 27.9. The van der Waals surface area contributed by atoms with Gasteiger partial charge in [0.1, 0.15) is 11.5 Å². The maximum atomic E-state index is 13.6. The van der Waals surface area contributed by atoms with E-state index >= 15 is 0 Å². The number of phenolic OH excluding ortho intramolecular Hbond substituents is 1. The van der Waals surface area contributed by atoms with Crippen LogP contribution < -0.4 is 20.4 Å². The summed E-state index contributed by atoms with van der Waals surface area (Å²) in [5.41, 5.74) is 4.09. The van der Waals surface area contributed by atoms with Gasteiger partial charge >= 0.3 is 0 Å². The summed E-state index contributed by atoms with van der Waals surface area (Å²) < 4.78 is 19.8. The van der Waals surface area contributed by atoms with Crippen molar-refractivity contribution < 1.29 is 23.8 Å². The highest BCUT2D eigenvalue weighted by atomic mass is 79.9. The first-order valence-corrected chi connectivity index (χ1v) is 12.3. The van der Waals surface area contributed by atoms with E-state index in [0.717, 1.165) is 11.8 Å². The first-order chi connectivity index (χ1) is 17.6. The molecular weight excluding hydrogens is 611 g/mol. The number of ether oxygens (including phenoxy) is 1. The van der Waals surface area contributed by atoms with Crippen LogP contribution in [0.4, 0.5) is 10.1 Å². The molecular formula is C26H23Br2FN4O4. The number of methoxy groups -OCH3 is 1. The van der Waals surface area contributed by atoms with E-state index in [0.29, 0.717) is 14.5 Å². The molecule has 0 radical (unpaired) electrons. The SMILES string of the molecule is COc1cc(Br)c(Br)c(/C=N/NC(=O)/C(=C/c2ccc(N(C)C)cc2)NC(=O)c2cccc(F)c2)c1O. The summed E-state index contributed by atoms with van der Waals surface area (Å²) in [5, 5.41) is 16.9. The van der Waals surface area contributed by atoms with Gasteiger partial charge in [-0.25, -0.2) is 9.82 Å². The van der Waals surface area contributed by atoms with E-state index in [1.165, 1.54) is 37.6 Å². The monoisotopic (exact) mass is 632 g/mol. The van der Waals surface area contributed by atoms with Crippen molar-refractivity contribution in [3.63, 3.8) is 0 Å². The summed E-state index contributed by atoms with van der Waals surface area (Å²) in [6.45, 7) is 0. The van der Waals surface area contributed by atoms with Crippen molar-refractivity contribution in [2.45, 2.75) is 0 Å². The van der Waals surface area contributed by atoms with Gasteiger partial charge in [-0.3, -0.25) is 9.59 Å². The van der Waals surface area contributed by atoms with Gasteiger partial charge in [-0.05, 0) is 79.9 Å². The quantitative estimate of drug-likeness (QED) is 0.183. The van der Waals surface area contributed by atoms with Gasteiger partial charge in [-0.15, -0.1) is 0 Å². The van der Waals surface area contributed by atoms with E-state index < -0.39 is 17.6 Å². The summed E-state index contributed by atoms with van der Waals surface area (Å²) in [5.74, 6) is -1.98. The number of anilines is 1. The molecule has 3 aromatic carbocycles. The number of halogens is 3. The molecule has 0 fully saturated rings. The van der Waals surface area contributed by atoms with Crippen LogP contribution in [0.1, 0.15) is 21.5 Å². The molecule has 0 heterocycles. The minimum atomic E-state index is -0.740. The Kier molecular flexibility index (Phi) is 9.42. The molecule has 192 valence electrons. The fourth-order valence-electron chi connectivity index (χ4n) is 3.12. The summed E-state index contributed by atoms with van der Waals surface area (Å²) in [6.07, 6.45) is 2.69. The Morgan fingerprint density at radius 3 is 2.43 bits per heavy atom. The maximum absolute atomic E-state index is 13.6. The number of hydrazone groups is 1. The van der Waals surface area contributed by atoms with Crippen LogP contribution in [0.2, 0.25) is 0 Å². The van der Waals surface area contributed by atoms with Gasteiger partial charge in [0.2, 0.25) is 0 Å². The van der Waals surface area contributed by atoms with Crippen molar-refractivity contribution in [2.75, 3.05) is 26.1 Å². The molecule has 37 heavy (non-hydrogen) atoms. The molecule has 0 aliphatic heterocycles. The van der Waals surface area contributed by atoms with Crippen LogP contribution in [-0.4, -0.2) is 44.3 Å². The lowest BCUT2D eigenvalue weighted by atomic mass is 10.1. The van der Waals surface area contributed by atoms with E-state index in [4.69, 9.17) is 4.74 Å². The average molecular weight is 634 g/mol. The van der Waals surface area contributed by atoms with E-state index in [9.17, 15) is 19.1 Å². The molecule has 3 rings (SSSR count). The molecule has 11 heteroatoms. The van der Waals surface area contributed by atoms with Gasteiger partial charge in [0.05, 0.1) is 18.9 Å². The molecule has 0 aliphatic carbocycles. The topological polar surface area (TPSA) is 103 Å². The molecule has 0 spiro atoms. The van der Waals surface area contributed by atoms with Crippen molar-refractivity contribution >= 4 is 61.7 Å². The highest BCUT2D eigenvalue weighted by Crippen LogP contribution is 2.39. The van der Waals surface area contributed by atoms with Crippen LogP contribution in [0.15, 0.2) is 74.3 Å². The lowest BCUT2D eigenvalue weighted by Crippen LogP contribution is -2.32. The molecule has 0 bridgehead atoms. The number of hydrogen-bond acceptors (Lipinski definition) is 6. The summed E-state index contributed by atoms with van der Waals surface area (Å²) >= 11 is 6.69. The number of nitrogens with zero attached hydrogens (tertiary/aromatic N) is 2. The van der Waals surface area contributed by atoms with Gasteiger partial charge in [-0.2, -0.15) is 5.10 Å². The lowest BCUT2D eigenvalue weighted by molar-refractivity contribution is -0.117. The normalized spacial score (nSPS) is 11.4. The molecule has 0 aromatic heterocycles. The van der Waals surface area contributed by atoms with Gasteiger partial charge in [0.25, 0.3) is 11.8 Å². The zero-order chi connectivity index (χ0) is 27.1. The van der Waals surface area contributed by atoms with E-state index in [2.05, 4.69) is 47.7 Å². The molecule has 3 aromatic rings. The molecule has 0 unspecified atom stereocenters. The summed E-state index contributed by atoms with van der Waals surface area (Å²) in [7, 11) is 5.21. The van der Waals surface area contributed by atoms with Crippen LogP contribution in [0.25, 0.3) is 6.08 Å². The van der Waals surface area contributed by atoms with Crippen molar-refractivity contribution in [1.82, 2.24) is 10.7 Å². The Morgan fingerprint density at radius 2 is 1.81 bits per heavy atom. The minimum absolute atomic E-state index is 0.0419. The Labute approximate surface area is 230 Å². The maximum Gasteiger partial charge on any atom is 0.287 e. The largest absolute Gasteiger partial charge is 0.504 e. The number of nitrogens with one attached hydrogen (secondary N) is 2. The number of carbonyl (C=O) groups excluding carboxylic acids is 2. The molecule has 8 nitrogen and oxygen atoms in total. The van der Waals surface area contributed by atoms with Gasteiger partial charge in [0, 0.05) is 34.3 Å². The number of hydrogen-bond donors (Lipinski definition) is 3. The molecule has 2 amide bonds. The van der Waals surface area contributed by atoms with Crippen LogP contribution >= 0.6 is 31.9 Å². The summed E-state index contributed by atoms with van der Waals surface area (Å²) in [6, 6.07) is 13.9. The van der Waals surface area contributed by atoms with Gasteiger partial charge in [-0.1, -0.05) is 18.2 Å². The number of aromatic hydroxyl groups is 1. The van der Waals surface area contributed by atoms with E-state index in [-0.39, 0.29) is 28.3 Å². The molecule has 0 saturated carbocycles. The number of carbonyl (C=O) groups is 2. The molecule has 0 aliphatic rings. The lowest BCUT2D eigenvalue weighted by Gasteiger charge is -2.13.